The first kappa shape index (κ1) is 19.5. The molecule has 1 saturated carbocycles. The second-order valence-electron chi connectivity index (χ2n) is 7.72. The highest BCUT2D eigenvalue weighted by Gasteiger charge is 2.24. The molecule has 2 fully saturated rings. The lowest BCUT2D eigenvalue weighted by Gasteiger charge is -2.38. The van der Waals surface area contributed by atoms with E-state index >= 15 is 0 Å². The Balaban J connectivity index is 1.63. The van der Waals surface area contributed by atoms with E-state index in [2.05, 4.69) is 38.1 Å². The van der Waals surface area contributed by atoms with Crippen LogP contribution in [-0.2, 0) is 4.79 Å². The zero-order valence-corrected chi connectivity index (χ0v) is 16.8. The van der Waals surface area contributed by atoms with Crippen molar-refractivity contribution in [2.75, 3.05) is 51.7 Å². The maximum atomic E-state index is 12.0. The van der Waals surface area contributed by atoms with Gasteiger partial charge >= 0.3 is 0 Å². The third-order valence-corrected chi connectivity index (χ3v) is 5.36. The third kappa shape index (κ3) is 5.34. The molecule has 0 atom stereocenters. The number of likely N-dealkylation sites (N-methyl/N-ethyl adjacent to an activating group) is 1. The molecule has 148 valence electrons. The molecule has 1 aliphatic carbocycles. The van der Waals surface area contributed by atoms with Gasteiger partial charge < -0.3 is 20.0 Å². The maximum Gasteiger partial charge on any atom is 0.243 e. The molecule has 1 N–H and O–H groups in total. The van der Waals surface area contributed by atoms with Gasteiger partial charge in [0.2, 0.25) is 5.91 Å². The summed E-state index contributed by atoms with van der Waals surface area (Å²) in [5, 5.41) is 3.61. The summed E-state index contributed by atoms with van der Waals surface area (Å²) in [6.07, 6.45) is 6.79. The van der Waals surface area contributed by atoms with Crippen molar-refractivity contribution in [3.05, 3.63) is 23.9 Å². The zero-order chi connectivity index (χ0) is 19.2. The van der Waals surface area contributed by atoms with Crippen LogP contribution >= 0.6 is 0 Å². The highest BCUT2D eigenvalue weighted by atomic mass is 16.2. The fourth-order valence-corrected chi connectivity index (χ4v) is 3.61. The molecule has 0 radical (unpaired) electrons. The molecular formula is C20H32N6O. The van der Waals surface area contributed by atoms with Crippen LogP contribution in [0.5, 0.6) is 0 Å². The van der Waals surface area contributed by atoms with E-state index in [-0.39, 0.29) is 12.5 Å². The monoisotopic (exact) mass is 372 g/mol. The molecule has 1 amide bonds. The Hall–Kier alpha value is -2.31. The largest absolute Gasteiger partial charge is 0.353 e. The van der Waals surface area contributed by atoms with Crippen molar-refractivity contribution in [3.8, 4) is 0 Å². The van der Waals surface area contributed by atoms with Crippen LogP contribution in [0.25, 0.3) is 0 Å². The summed E-state index contributed by atoms with van der Waals surface area (Å²) in [7, 11) is 3.55. The Bertz CT molecular complexity index is 660. The van der Waals surface area contributed by atoms with E-state index in [9.17, 15) is 4.79 Å². The number of hydrogen-bond donors (Lipinski definition) is 1. The predicted octanol–water partition coefficient (Wildman–Crippen LogP) is 1.49. The van der Waals surface area contributed by atoms with Crippen molar-refractivity contribution in [2.24, 2.45) is 4.99 Å². The molecular weight excluding hydrogens is 340 g/mol. The molecule has 3 rings (SSSR count). The van der Waals surface area contributed by atoms with Gasteiger partial charge in [0.05, 0.1) is 0 Å². The molecule has 0 spiro atoms. The fourth-order valence-electron chi connectivity index (χ4n) is 3.61. The number of carbonyl (C=O) groups excluding carboxylic acids is 1. The predicted molar refractivity (Wildman–Crippen MR) is 109 cm³/mol. The molecule has 2 heterocycles. The quantitative estimate of drug-likeness (QED) is 0.641. The van der Waals surface area contributed by atoms with Gasteiger partial charge in [0.15, 0.2) is 5.96 Å². The van der Waals surface area contributed by atoms with E-state index in [0.29, 0.717) is 6.04 Å². The summed E-state index contributed by atoms with van der Waals surface area (Å²) in [5.41, 5.74) is 1.23. The molecule has 0 aromatic carbocycles. The van der Waals surface area contributed by atoms with Gasteiger partial charge in [-0.3, -0.25) is 4.79 Å². The molecule has 7 nitrogen and oxygen atoms in total. The number of guanidine groups is 1. The average Bonchev–Trinajstić information content (AvgIpc) is 3.18. The smallest absolute Gasteiger partial charge is 0.243 e. The minimum absolute atomic E-state index is 0.0309. The summed E-state index contributed by atoms with van der Waals surface area (Å²) >= 11 is 0. The Morgan fingerprint density at radius 1 is 1.26 bits per heavy atom. The molecule has 0 bridgehead atoms. The second kappa shape index (κ2) is 9.06. The number of aliphatic imine (C=N–C) groups is 1. The normalized spacial score (nSPS) is 18.7. The molecule has 1 aromatic rings. The SMILES string of the molecule is Cc1ccnc(N2CCN(C(=NCC(=O)N(C)C)NC3CCCC3)CC2)c1. The van der Waals surface area contributed by atoms with Gasteiger partial charge in [-0.15, -0.1) is 0 Å². The Labute approximate surface area is 162 Å². The second-order valence-corrected chi connectivity index (χ2v) is 7.72. The van der Waals surface area contributed by atoms with Crippen molar-refractivity contribution in [2.45, 2.75) is 38.6 Å². The van der Waals surface area contributed by atoms with Gasteiger partial charge in [-0.2, -0.15) is 0 Å². The van der Waals surface area contributed by atoms with Gasteiger partial charge in [-0.05, 0) is 37.5 Å². The van der Waals surface area contributed by atoms with Crippen LogP contribution in [0.3, 0.4) is 0 Å². The van der Waals surface area contributed by atoms with Crippen molar-refractivity contribution in [1.82, 2.24) is 20.1 Å². The maximum absolute atomic E-state index is 12.0. The van der Waals surface area contributed by atoms with Crippen LogP contribution < -0.4 is 10.2 Å². The number of nitrogens with one attached hydrogen (secondary N) is 1. The first-order chi connectivity index (χ1) is 13.0. The molecule has 1 aliphatic heterocycles. The first-order valence-corrected chi connectivity index (χ1v) is 9.96. The number of amides is 1. The number of piperazine rings is 1. The molecule has 2 aliphatic rings. The number of nitrogens with zero attached hydrogens (tertiary/aromatic N) is 5. The Morgan fingerprint density at radius 2 is 1.96 bits per heavy atom. The molecule has 7 heteroatoms. The number of anilines is 1. The third-order valence-electron chi connectivity index (χ3n) is 5.36. The van der Waals surface area contributed by atoms with E-state index in [1.165, 1.54) is 31.2 Å². The Morgan fingerprint density at radius 3 is 2.59 bits per heavy atom. The molecule has 0 unspecified atom stereocenters. The van der Waals surface area contributed by atoms with Crippen molar-refractivity contribution >= 4 is 17.7 Å². The summed E-state index contributed by atoms with van der Waals surface area (Å²) in [6.45, 7) is 5.86. The zero-order valence-electron chi connectivity index (χ0n) is 16.8. The number of pyridine rings is 1. The highest BCUT2D eigenvalue weighted by molar-refractivity contribution is 5.85. The van der Waals surface area contributed by atoms with Crippen LogP contribution in [0.2, 0.25) is 0 Å². The first-order valence-electron chi connectivity index (χ1n) is 9.96. The number of rotatable bonds is 4. The standard InChI is InChI=1S/C20H32N6O/c1-16-8-9-21-18(14-16)25-10-12-26(13-11-25)20(22-15-19(27)24(2)3)23-17-6-4-5-7-17/h8-9,14,17H,4-7,10-13,15H2,1-3H3,(H,22,23). The number of aromatic nitrogens is 1. The summed E-state index contributed by atoms with van der Waals surface area (Å²) in [4.78, 5) is 27.4. The van der Waals surface area contributed by atoms with Crippen LogP contribution in [0.1, 0.15) is 31.2 Å². The van der Waals surface area contributed by atoms with E-state index in [1.54, 1.807) is 19.0 Å². The van der Waals surface area contributed by atoms with Crippen LogP contribution in [0.4, 0.5) is 5.82 Å². The molecule has 27 heavy (non-hydrogen) atoms. The lowest BCUT2D eigenvalue weighted by atomic mass is 10.2. The van der Waals surface area contributed by atoms with Gasteiger partial charge in [-0.25, -0.2) is 9.98 Å². The van der Waals surface area contributed by atoms with Gasteiger partial charge in [-0.1, -0.05) is 12.8 Å². The lowest BCUT2D eigenvalue weighted by Crippen LogP contribution is -2.54. The van der Waals surface area contributed by atoms with Crippen LogP contribution in [0, 0.1) is 6.92 Å². The van der Waals surface area contributed by atoms with Gasteiger partial charge in [0.25, 0.3) is 0 Å². The number of hydrogen-bond acceptors (Lipinski definition) is 4. The van der Waals surface area contributed by atoms with E-state index in [4.69, 9.17) is 0 Å². The van der Waals surface area contributed by atoms with Gasteiger partial charge in [0.1, 0.15) is 12.4 Å². The summed E-state index contributed by atoms with van der Waals surface area (Å²) in [6, 6.07) is 4.64. The van der Waals surface area contributed by atoms with Gasteiger partial charge in [0, 0.05) is 52.5 Å². The number of carbonyl (C=O) groups is 1. The minimum atomic E-state index is 0.0309. The van der Waals surface area contributed by atoms with Crippen molar-refractivity contribution < 1.29 is 4.79 Å². The van der Waals surface area contributed by atoms with Crippen molar-refractivity contribution in [3.63, 3.8) is 0 Å². The lowest BCUT2D eigenvalue weighted by molar-refractivity contribution is -0.127. The van der Waals surface area contributed by atoms with E-state index in [1.807, 2.05) is 12.3 Å². The molecule has 1 aromatic heterocycles. The average molecular weight is 373 g/mol. The fraction of sp³-hybridized carbons (Fsp3) is 0.650. The summed E-state index contributed by atoms with van der Waals surface area (Å²) < 4.78 is 0. The topological polar surface area (TPSA) is 64.1 Å². The highest BCUT2D eigenvalue weighted by Crippen LogP contribution is 2.19. The Kier molecular flexibility index (Phi) is 6.53. The summed E-state index contributed by atoms with van der Waals surface area (Å²) in [5.74, 6) is 1.96. The van der Waals surface area contributed by atoms with Crippen LogP contribution in [0.15, 0.2) is 23.3 Å². The molecule has 1 saturated heterocycles. The van der Waals surface area contributed by atoms with Crippen molar-refractivity contribution in [1.29, 1.82) is 0 Å². The minimum Gasteiger partial charge on any atom is -0.353 e. The van der Waals surface area contributed by atoms with E-state index in [0.717, 1.165) is 38.0 Å². The van der Waals surface area contributed by atoms with Crippen LogP contribution in [-0.4, -0.2) is 79.5 Å². The number of aryl methyl sites for hydroxylation is 1. The van der Waals surface area contributed by atoms with E-state index < -0.39 is 0 Å².